The van der Waals surface area contributed by atoms with Crippen LogP contribution < -0.4 is 10.1 Å². The lowest BCUT2D eigenvalue weighted by molar-refractivity contribution is -0.146. The molecule has 0 saturated carbocycles. The number of hydrogen-bond acceptors (Lipinski definition) is 5. The van der Waals surface area contributed by atoms with Crippen LogP contribution in [0.15, 0.2) is 23.3 Å². The summed E-state index contributed by atoms with van der Waals surface area (Å²) in [5, 5.41) is 3.33. The van der Waals surface area contributed by atoms with Gasteiger partial charge in [-0.25, -0.2) is 9.98 Å². The molecule has 0 spiro atoms. The molecule has 25 heavy (non-hydrogen) atoms. The van der Waals surface area contributed by atoms with Gasteiger partial charge in [0.2, 0.25) is 5.88 Å². The predicted molar refractivity (Wildman–Crippen MR) is 96.5 cm³/mol. The lowest BCUT2D eigenvalue weighted by atomic mass is 9.97. The summed E-state index contributed by atoms with van der Waals surface area (Å²) >= 11 is 0. The lowest BCUT2D eigenvalue weighted by Gasteiger charge is -2.33. The van der Waals surface area contributed by atoms with Gasteiger partial charge in [0.1, 0.15) is 0 Å². The van der Waals surface area contributed by atoms with Crippen LogP contribution in [-0.4, -0.2) is 55.2 Å². The molecule has 0 aliphatic carbocycles. The van der Waals surface area contributed by atoms with E-state index in [2.05, 4.69) is 15.2 Å². The smallest absolute Gasteiger partial charge is 0.308 e. The minimum atomic E-state index is -0.113. The van der Waals surface area contributed by atoms with Gasteiger partial charge in [-0.05, 0) is 32.8 Å². The SMILES string of the molecule is CCNC(=NCc1cccnc1OCC)N1CCC(C(=O)OC)CC1. The van der Waals surface area contributed by atoms with Crippen LogP contribution in [0, 0.1) is 5.92 Å². The molecule has 0 unspecified atom stereocenters. The van der Waals surface area contributed by atoms with Crippen LogP contribution in [0.1, 0.15) is 32.3 Å². The van der Waals surface area contributed by atoms with E-state index in [-0.39, 0.29) is 11.9 Å². The summed E-state index contributed by atoms with van der Waals surface area (Å²) in [4.78, 5) is 22.9. The second-order valence-corrected chi connectivity index (χ2v) is 5.86. The number of guanidine groups is 1. The number of carbonyl (C=O) groups excluding carboxylic acids is 1. The van der Waals surface area contributed by atoms with Gasteiger partial charge in [0, 0.05) is 31.4 Å². The Bertz CT molecular complexity index is 583. The molecule has 1 aromatic heterocycles. The topological polar surface area (TPSA) is 76.1 Å². The highest BCUT2D eigenvalue weighted by atomic mass is 16.5. The summed E-state index contributed by atoms with van der Waals surface area (Å²) in [6.07, 6.45) is 3.29. The highest BCUT2D eigenvalue weighted by Gasteiger charge is 2.26. The van der Waals surface area contributed by atoms with Crippen LogP contribution in [0.25, 0.3) is 0 Å². The number of esters is 1. The number of nitrogens with zero attached hydrogens (tertiary/aromatic N) is 3. The van der Waals surface area contributed by atoms with E-state index >= 15 is 0 Å². The molecule has 138 valence electrons. The summed E-state index contributed by atoms with van der Waals surface area (Å²) in [6.45, 7) is 7.44. The quantitative estimate of drug-likeness (QED) is 0.480. The second-order valence-electron chi connectivity index (χ2n) is 5.86. The van der Waals surface area contributed by atoms with Gasteiger partial charge in [-0.15, -0.1) is 0 Å². The summed E-state index contributed by atoms with van der Waals surface area (Å²) < 4.78 is 10.4. The minimum absolute atomic E-state index is 0.00740. The standard InChI is InChI=1S/C18H28N4O3/c1-4-19-18(22-11-8-14(9-12-22)17(23)24-3)21-13-15-7-6-10-20-16(15)25-5-2/h6-7,10,14H,4-5,8-9,11-13H2,1-3H3,(H,19,21). The van der Waals surface area contributed by atoms with Crippen LogP contribution in [-0.2, 0) is 16.1 Å². The third-order valence-corrected chi connectivity index (χ3v) is 4.19. The van der Waals surface area contributed by atoms with Crippen LogP contribution in [0.4, 0.5) is 0 Å². The maximum absolute atomic E-state index is 11.7. The minimum Gasteiger partial charge on any atom is -0.478 e. The van der Waals surface area contributed by atoms with E-state index in [9.17, 15) is 4.79 Å². The zero-order valence-corrected chi connectivity index (χ0v) is 15.3. The first-order valence-electron chi connectivity index (χ1n) is 8.87. The maximum Gasteiger partial charge on any atom is 0.308 e. The van der Waals surface area contributed by atoms with Gasteiger partial charge in [-0.3, -0.25) is 4.79 Å². The van der Waals surface area contributed by atoms with E-state index in [1.165, 1.54) is 7.11 Å². The Balaban J connectivity index is 2.03. The fourth-order valence-electron chi connectivity index (χ4n) is 2.89. The van der Waals surface area contributed by atoms with Gasteiger partial charge in [0.25, 0.3) is 0 Å². The van der Waals surface area contributed by atoms with E-state index in [1.54, 1.807) is 6.20 Å². The number of nitrogens with one attached hydrogen (secondary N) is 1. The first kappa shape index (κ1) is 19.0. The van der Waals surface area contributed by atoms with Crippen molar-refractivity contribution >= 4 is 11.9 Å². The monoisotopic (exact) mass is 348 g/mol. The number of carbonyl (C=O) groups is 1. The number of piperidine rings is 1. The van der Waals surface area contributed by atoms with Gasteiger partial charge in [0.05, 0.1) is 26.2 Å². The number of likely N-dealkylation sites (tertiary alicyclic amines) is 1. The first-order valence-corrected chi connectivity index (χ1v) is 8.87. The summed E-state index contributed by atoms with van der Waals surface area (Å²) in [7, 11) is 1.45. The average molecular weight is 348 g/mol. The number of pyridine rings is 1. The molecule has 1 aliphatic heterocycles. The van der Waals surface area contributed by atoms with Gasteiger partial charge in [0.15, 0.2) is 5.96 Å². The highest BCUT2D eigenvalue weighted by Crippen LogP contribution is 2.19. The average Bonchev–Trinajstić information content (AvgIpc) is 2.66. The first-order chi connectivity index (χ1) is 12.2. The number of methoxy groups -OCH3 is 1. The second kappa shape index (κ2) is 9.86. The molecule has 0 amide bonds. The van der Waals surface area contributed by atoms with E-state index < -0.39 is 0 Å². The van der Waals surface area contributed by atoms with Crippen molar-refractivity contribution in [1.29, 1.82) is 0 Å². The van der Waals surface area contributed by atoms with Gasteiger partial charge in [-0.1, -0.05) is 6.07 Å². The third-order valence-electron chi connectivity index (χ3n) is 4.19. The van der Waals surface area contributed by atoms with Crippen LogP contribution >= 0.6 is 0 Å². The van der Waals surface area contributed by atoms with Crippen LogP contribution in [0.3, 0.4) is 0 Å². The zero-order chi connectivity index (χ0) is 18.1. The van der Waals surface area contributed by atoms with E-state index in [0.717, 1.165) is 44.0 Å². The molecule has 1 fully saturated rings. The van der Waals surface area contributed by atoms with Crippen molar-refractivity contribution in [2.75, 3.05) is 33.4 Å². The molecule has 0 bridgehead atoms. The molecule has 0 aromatic carbocycles. The number of ether oxygens (including phenoxy) is 2. The number of aliphatic imine (C=N–C) groups is 1. The third kappa shape index (κ3) is 5.34. The Morgan fingerprint density at radius 1 is 1.40 bits per heavy atom. The predicted octanol–water partition coefficient (Wildman–Crippen LogP) is 1.83. The zero-order valence-electron chi connectivity index (χ0n) is 15.3. The van der Waals surface area contributed by atoms with Crippen molar-refractivity contribution < 1.29 is 14.3 Å². The van der Waals surface area contributed by atoms with E-state index in [0.29, 0.717) is 19.0 Å². The molecule has 0 atom stereocenters. The van der Waals surface area contributed by atoms with Crippen molar-refractivity contribution in [3.63, 3.8) is 0 Å². The fourth-order valence-corrected chi connectivity index (χ4v) is 2.89. The van der Waals surface area contributed by atoms with Crippen molar-refractivity contribution in [3.05, 3.63) is 23.9 Å². The molecular formula is C18H28N4O3. The molecule has 1 saturated heterocycles. The molecular weight excluding hydrogens is 320 g/mol. The Hall–Kier alpha value is -2.31. The molecule has 0 radical (unpaired) electrons. The molecule has 7 heteroatoms. The normalized spacial score (nSPS) is 15.8. The summed E-state index contributed by atoms with van der Waals surface area (Å²) in [5.74, 6) is 1.37. The van der Waals surface area contributed by atoms with E-state index in [1.807, 2.05) is 26.0 Å². The van der Waals surface area contributed by atoms with Gasteiger partial charge in [-0.2, -0.15) is 0 Å². The number of aromatic nitrogens is 1. The Morgan fingerprint density at radius 2 is 2.16 bits per heavy atom. The molecule has 1 aromatic rings. The maximum atomic E-state index is 11.7. The molecule has 2 heterocycles. The van der Waals surface area contributed by atoms with Crippen molar-refractivity contribution in [2.24, 2.45) is 10.9 Å². The van der Waals surface area contributed by atoms with Crippen LogP contribution in [0.5, 0.6) is 5.88 Å². The fraction of sp³-hybridized carbons (Fsp3) is 0.611. The lowest BCUT2D eigenvalue weighted by Crippen LogP contribution is -2.46. The molecule has 1 N–H and O–H groups in total. The van der Waals surface area contributed by atoms with Crippen LogP contribution in [0.2, 0.25) is 0 Å². The van der Waals surface area contributed by atoms with E-state index in [4.69, 9.17) is 14.5 Å². The summed E-state index contributed by atoms with van der Waals surface area (Å²) in [5.41, 5.74) is 0.962. The molecule has 1 aliphatic rings. The van der Waals surface area contributed by atoms with Crippen molar-refractivity contribution in [3.8, 4) is 5.88 Å². The molecule has 7 nitrogen and oxygen atoms in total. The molecule has 2 rings (SSSR count). The van der Waals surface area contributed by atoms with Gasteiger partial charge < -0.3 is 19.7 Å². The summed E-state index contributed by atoms with van der Waals surface area (Å²) in [6, 6.07) is 3.87. The largest absolute Gasteiger partial charge is 0.478 e. The Kier molecular flexibility index (Phi) is 7.50. The Labute approximate surface area is 149 Å². The number of rotatable bonds is 6. The Morgan fingerprint density at radius 3 is 2.80 bits per heavy atom. The van der Waals surface area contributed by atoms with Gasteiger partial charge >= 0.3 is 5.97 Å². The highest BCUT2D eigenvalue weighted by molar-refractivity contribution is 5.80. The van der Waals surface area contributed by atoms with Crippen molar-refractivity contribution in [1.82, 2.24) is 15.2 Å². The van der Waals surface area contributed by atoms with Crippen molar-refractivity contribution in [2.45, 2.75) is 33.2 Å². The number of hydrogen-bond donors (Lipinski definition) is 1.